The predicted molar refractivity (Wildman–Crippen MR) is 61.2 cm³/mol. The van der Waals surface area contributed by atoms with Crippen LogP contribution < -0.4 is 5.69 Å². The zero-order valence-electron chi connectivity index (χ0n) is 8.95. The molecule has 0 saturated heterocycles. The first-order chi connectivity index (χ1) is 8.06. The highest BCUT2D eigenvalue weighted by Crippen LogP contribution is 2.22. The Bertz CT molecular complexity index is 606. The van der Waals surface area contributed by atoms with Gasteiger partial charge in [-0.1, -0.05) is 6.92 Å². The lowest BCUT2D eigenvalue weighted by molar-refractivity contribution is -0.136. The molecule has 0 aliphatic carbocycles. The Balaban J connectivity index is 2.21. The maximum Gasteiger partial charge on any atom is 0.364 e. The summed E-state index contributed by atoms with van der Waals surface area (Å²) in [6, 6.07) is 3.36. The molecule has 2 aromatic rings. The van der Waals surface area contributed by atoms with E-state index in [-0.39, 0.29) is 11.7 Å². The number of nitrogens with one attached hydrogen (secondary N) is 1. The zero-order valence-corrected chi connectivity index (χ0v) is 9.77. The summed E-state index contributed by atoms with van der Waals surface area (Å²) in [5.41, 5.74) is 0.0265. The normalized spacial score (nSPS) is 12.8. The Kier molecular flexibility index (Phi) is 3.14. The van der Waals surface area contributed by atoms with E-state index >= 15 is 0 Å². The largest absolute Gasteiger partial charge is 0.481 e. The van der Waals surface area contributed by atoms with Crippen molar-refractivity contribution < 1.29 is 9.90 Å². The number of carboxylic acid groups (broad SMARTS) is 1. The molecule has 2 aromatic heterocycles. The minimum absolute atomic E-state index is 0.0463. The predicted octanol–water partition coefficient (Wildman–Crippen LogP) is 0.373. The summed E-state index contributed by atoms with van der Waals surface area (Å²) < 4.78 is 1.15. The molecule has 7 nitrogen and oxygen atoms in total. The molecule has 0 radical (unpaired) electrons. The third-order valence-corrected chi connectivity index (χ3v) is 3.06. The van der Waals surface area contributed by atoms with E-state index in [0.29, 0.717) is 10.7 Å². The van der Waals surface area contributed by atoms with Gasteiger partial charge in [0, 0.05) is 5.25 Å². The first-order valence-electron chi connectivity index (χ1n) is 4.89. The van der Waals surface area contributed by atoms with Crippen LogP contribution in [-0.2, 0) is 4.79 Å². The summed E-state index contributed by atoms with van der Waals surface area (Å²) in [5.74, 6) is -0.855. The van der Waals surface area contributed by atoms with Crippen LogP contribution in [0.25, 0.3) is 5.65 Å². The summed E-state index contributed by atoms with van der Waals surface area (Å²) in [6.45, 7) is 1.79. The molecule has 0 amide bonds. The summed E-state index contributed by atoms with van der Waals surface area (Å²) >= 11 is 1.31. The number of thioether (sulfide) groups is 1. The van der Waals surface area contributed by atoms with E-state index in [1.165, 1.54) is 11.8 Å². The minimum Gasteiger partial charge on any atom is -0.481 e. The first-order valence-corrected chi connectivity index (χ1v) is 5.77. The van der Waals surface area contributed by atoms with Crippen LogP contribution in [0.5, 0.6) is 0 Å². The Morgan fingerprint density at radius 1 is 1.65 bits per heavy atom. The number of aliphatic carboxylic acids is 1. The van der Waals surface area contributed by atoms with Crippen LogP contribution in [0.3, 0.4) is 0 Å². The summed E-state index contributed by atoms with van der Waals surface area (Å²) in [6.07, 6.45) is 0.0463. The topological polar surface area (TPSA) is 100 Å². The van der Waals surface area contributed by atoms with Gasteiger partial charge in [0.05, 0.1) is 6.42 Å². The maximum absolute atomic E-state index is 11.3. The van der Waals surface area contributed by atoms with Crippen molar-refractivity contribution in [3.8, 4) is 0 Å². The van der Waals surface area contributed by atoms with Gasteiger partial charge in [-0.25, -0.2) is 9.89 Å². The van der Waals surface area contributed by atoms with Crippen LogP contribution in [0.1, 0.15) is 13.3 Å². The van der Waals surface area contributed by atoms with Crippen molar-refractivity contribution in [2.24, 2.45) is 0 Å². The Hall–Kier alpha value is -1.83. The van der Waals surface area contributed by atoms with E-state index in [1.807, 2.05) is 0 Å². The lowest BCUT2D eigenvalue weighted by Crippen LogP contribution is -2.13. The van der Waals surface area contributed by atoms with Crippen molar-refractivity contribution in [2.75, 3.05) is 0 Å². The molecule has 2 N–H and O–H groups in total. The van der Waals surface area contributed by atoms with Crippen molar-refractivity contribution in [1.29, 1.82) is 0 Å². The molecule has 1 atom stereocenters. The number of carbonyl (C=O) groups is 1. The van der Waals surface area contributed by atoms with Crippen LogP contribution in [0.15, 0.2) is 22.0 Å². The minimum atomic E-state index is -0.855. The molecule has 1 unspecified atom stereocenters. The number of nitrogens with zero attached hydrogens (tertiary/aromatic N) is 3. The van der Waals surface area contributed by atoms with Crippen LogP contribution in [-0.4, -0.2) is 36.1 Å². The number of aromatic nitrogens is 4. The molecule has 0 aliphatic rings. The SMILES string of the molecule is CC(CC(=O)O)Sc1ccc2n[nH]c(=O)n2n1. The molecule has 8 heteroatoms. The zero-order chi connectivity index (χ0) is 12.4. The Morgan fingerprint density at radius 3 is 3.12 bits per heavy atom. The van der Waals surface area contributed by atoms with Crippen LogP contribution in [0.4, 0.5) is 0 Å². The van der Waals surface area contributed by atoms with Crippen molar-refractivity contribution in [3.05, 3.63) is 22.6 Å². The van der Waals surface area contributed by atoms with Crippen molar-refractivity contribution in [2.45, 2.75) is 23.6 Å². The summed E-state index contributed by atoms with van der Waals surface area (Å²) in [4.78, 5) is 21.8. The third kappa shape index (κ3) is 2.64. The highest BCUT2D eigenvalue weighted by Gasteiger charge is 2.11. The van der Waals surface area contributed by atoms with Crippen LogP contribution in [0, 0.1) is 0 Å². The lowest BCUT2D eigenvalue weighted by atomic mass is 10.3. The molecule has 0 fully saturated rings. The van der Waals surface area contributed by atoms with Crippen molar-refractivity contribution in [3.63, 3.8) is 0 Å². The number of rotatable bonds is 4. The molecule has 17 heavy (non-hydrogen) atoms. The van der Waals surface area contributed by atoms with Gasteiger partial charge < -0.3 is 5.11 Å². The van der Waals surface area contributed by atoms with Gasteiger partial charge in [0.1, 0.15) is 5.03 Å². The monoisotopic (exact) mass is 254 g/mol. The standard InChI is InChI=1S/C9H10N4O3S/c1-5(4-8(14)15)17-7-3-2-6-10-11-9(16)13(6)12-7/h2-3,5H,4H2,1H3,(H,11,16)(H,14,15). The van der Waals surface area contributed by atoms with E-state index in [4.69, 9.17) is 5.11 Å². The van der Waals surface area contributed by atoms with Gasteiger partial charge in [-0.15, -0.1) is 11.8 Å². The van der Waals surface area contributed by atoms with Gasteiger partial charge in [-0.2, -0.15) is 14.7 Å². The van der Waals surface area contributed by atoms with Crippen molar-refractivity contribution >= 4 is 23.4 Å². The first kappa shape index (κ1) is 11.6. The molecule has 0 saturated carbocycles. The highest BCUT2D eigenvalue weighted by atomic mass is 32.2. The fourth-order valence-corrected chi connectivity index (χ4v) is 2.26. The van der Waals surface area contributed by atoms with E-state index in [0.717, 1.165) is 4.52 Å². The number of H-pyrrole nitrogens is 1. The van der Waals surface area contributed by atoms with Gasteiger partial charge in [-0.05, 0) is 12.1 Å². The molecule has 90 valence electrons. The number of fused-ring (bicyclic) bond motifs is 1. The third-order valence-electron chi connectivity index (χ3n) is 2.03. The summed E-state index contributed by atoms with van der Waals surface area (Å²) in [5, 5.41) is 19.2. The molecule has 0 aliphatic heterocycles. The van der Waals surface area contributed by atoms with Gasteiger partial charge >= 0.3 is 11.7 Å². The smallest absolute Gasteiger partial charge is 0.364 e. The number of hydrogen-bond donors (Lipinski definition) is 2. The molecular weight excluding hydrogens is 244 g/mol. The quantitative estimate of drug-likeness (QED) is 0.765. The number of carboxylic acids is 1. The number of aromatic amines is 1. The van der Waals surface area contributed by atoms with E-state index in [9.17, 15) is 9.59 Å². The van der Waals surface area contributed by atoms with Crippen LogP contribution in [0.2, 0.25) is 0 Å². The average molecular weight is 254 g/mol. The fourth-order valence-electron chi connectivity index (χ4n) is 1.34. The Labute approximate surface area is 99.8 Å². The van der Waals surface area contributed by atoms with Gasteiger partial charge in [0.25, 0.3) is 0 Å². The van der Waals surface area contributed by atoms with E-state index in [1.54, 1.807) is 19.1 Å². The Morgan fingerprint density at radius 2 is 2.41 bits per heavy atom. The lowest BCUT2D eigenvalue weighted by Gasteiger charge is -2.06. The molecular formula is C9H10N4O3S. The second-order valence-corrected chi connectivity index (χ2v) is 4.96. The maximum atomic E-state index is 11.3. The van der Waals surface area contributed by atoms with Gasteiger partial charge in [-0.3, -0.25) is 4.79 Å². The van der Waals surface area contributed by atoms with Crippen molar-refractivity contribution in [1.82, 2.24) is 19.8 Å². The molecule has 0 aromatic carbocycles. The molecule has 0 spiro atoms. The molecule has 2 heterocycles. The molecule has 0 bridgehead atoms. The van der Waals surface area contributed by atoms with Crippen LogP contribution >= 0.6 is 11.8 Å². The highest BCUT2D eigenvalue weighted by molar-refractivity contribution is 7.99. The van der Waals surface area contributed by atoms with Gasteiger partial charge in [0.2, 0.25) is 0 Å². The van der Waals surface area contributed by atoms with E-state index in [2.05, 4.69) is 15.3 Å². The number of hydrogen-bond acceptors (Lipinski definition) is 5. The van der Waals surface area contributed by atoms with E-state index < -0.39 is 11.7 Å². The second kappa shape index (κ2) is 4.58. The average Bonchev–Trinajstić information content (AvgIpc) is 2.59. The fraction of sp³-hybridized carbons (Fsp3) is 0.333. The summed E-state index contributed by atoms with van der Waals surface area (Å²) in [7, 11) is 0. The molecule has 2 rings (SSSR count). The van der Waals surface area contributed by atoms with Gasteiger partial charge in [0.15, 0.2) is 5.65 Å². The second-order valence-electron chi connectivity index (χ2n) is 3.50.